The van der Waals surface area contributed by atoms with Crippen LogP contribution in [0.5, 0.6) is 0 Å². The lowest BCUT2D eigenvalue weighted by Crippen LogP contribution is -2.66. The van der Waals surface area contributed by atoms with Crippen LogP contribution in [0.3, 0.4) is 0 Å². The first-order valence-corrected chi connectivity index (χ1v) is 24.1. The van der Waals surface area contributed by atoms with Gasteiger partial charge in [0.1, 0.15) is 0 Å². The molecule has 274 valence electrons. The van der Waals surface area contributed by atoms with Gasteiger partial charge in [-0.05, 0) is 96.1 Å². The standard InChI is InChI=1S/C44H66O4Si2/c1-11-49(12-2,13-3)48-41-31-33(4)30-35-25-24-34(5)40(42(35)41)27-26-36-32-37(47-44(9,10)46-36)28-29-45-50(43(6,7)8,38-20-16-14-17-21-38)39-22-18-15-19-23-39/h14-25,30-31,33-34,36-37,40,42H,11-13,26-29,32H2,1-10H3/t33-,34-,36+,37-,40-,42-/m0/s1. The van der Waals surface area contributed by atoms with Crippen molar-refractivity contribution >= 4 is 27.0 Å². The second-order valence-electron chi connectivity index (χ2n) is 16.8. The minimum absolute atomic E-state index is 0.0477. The molecule has 1 heterocycles. The maximum Gasteiger partial charge on any atom is 0.261 e. The number of hydrogen-bond donors (Lipinski definition) is 0. The van der Waals surface area contributed by atoms with E-state index in [2.05, 4.69) is 154 Å². The molecule has 0 radical (unpaired) electrons. The van der Waals surface area contributed by atoms with Crippen LogP contribution in [0, 0.1) is 23.7 Å². The number of hydrogen-bond acceptors (Lipinski definition) is 4. The van der Waals surface area contributed by atoms with Crippen molar-refractivity contribution in [1.29, 1.82) is 0 Å². The molecule has 0 bridgehead atoms. The zero-order valence-electron chi connectivity index (χ0n) is 32.8. The summed E-state index contributed by atoms with van der Waals surface area (Å²) >= 11 is 0. The molecule has 3 aliphatic rings. The highest BCUT2D eigenvalue weighted by atomic mass is 28.4. The molecule has 6 heteroatoms. The number of ether oxygens (including phenoxy) is 2. The van der Waals surface area contributed by atoms with Gasteiger partial charge < -0.3 is 18.3 Å². The van der Waals surface area contributed by atoms with Gasteiger partial charge >= 0.3 is 0 Å². The van der Waals surface area contributed by atoms with Gasteiger partial charge in [0.15, 0.2) is 5.79 Å². The molecule has 0 unspecified atom stereocenters. The van der Waals surface area contributed by atoms with Gasteiger partial charge in [0.25, 0.3) is 8.32 Å². The van der Waals surface area contributed by atoms with E-state index in [-0.39, 0.29) is 17.2 Å². The average molecular weight is 715 g/mol. The van der Waals surface area contributed by atoms with Crippen molar-refractivity contribution in [2.75, 3.05) is 6.61 Å². The van der Waals surface area contributed by atoms with Crippen LogP contribution in [-0.2, 0) is 18.3 Å². The zero-order chi connectivity index (χ0) is 36.2. The van der Waals surface area contributed by atoms with Gasteiger partial charge in [0.2, 0.25) is 8.32 Å². The first-order chi connectivity index (χ1) is 23.8. The number of rotatable bonds is 14. The fraction of sp³-hybridized carbons (Fsp3) is 0.591. The fourth-order valence-electron chi connectivity index (χ4n) is 9.11. The van der Waals surface area contributed by atoms with Crippen LogP contribution in [0.25, 0.3) is 0 Å². The second-order valence-corrected chi connectivity index (χ2v) is 25.8. The van der Waals surface area contributed by atoms with Gasteiger partial charge in [-0.1, -0.05) is 134 Å². The SMILES string of the molecule is CC[Si](CC)(CC)OC1=C[C@@H](C)C=C2C=C[C@H](C)[C@H](CC[C@@H]3C[C@H](CCO[Si](c4ccccc4)(c4ccccc4)C(C)(C)C)OC(C)(C)O3)[C@H]21. The molecule has 2 aromatic rings. The summed E-state index contributed by atoms with van der Waals surface area (Å²) in [6.07, 6.45) is 13.8. The number of fused-ring (bicyclic) bond motifs is 1. The van der Waals surface area contributed by atoms with Crippen molar-refractivity contribution in [3.05, 3.63) is 96.3 Å². The van der Waals surface area contributed by atoms with Crippen molar-refractivity contribution in [2.24, 2.45) is 23.7 Å². The van der Waals surface area contributed by atoms with Crippen LogP contribution in [0.2, 0.25) is 23.2 Å². The summed E-state index contributed by atoms with van der Waals surface area (Å²) in [5.74, 6) is 2.36. The lowest BCUT2D eigenvalue weighted by molar-refractivity contribution is -0.302. The summed E-state index contributed by atoms with van der Waals surface area (Å²) in [5.41, 5.74) is 1.45. The Kier molecular flexibility index (Phi) is 12.6. The van der Waals surface area contributed by atoms with E-state index in [1.54, 1.807) is 0 Å². The number of allylic oxidation sites excluding steroid dienone is 5. The van der Waals surface area contributed by atoms with Crippen LogP contribution < -0.4 is 10.4 Å². The largest absolute Gasteiger partial charge is 0.546 e. The molecule has 1 fully saturated rings. The predicted molar refractivity (Wildman–Crippen MR) is 215 cm³/mol. The lowest BCUT2D eigenvalue weighted by atomic mass is 9.68. The molecule has 6 atom stereocenters. The molecule has 1 aliphatic heterocycles. The van der Waals surface area contributed by atoms with Crippen molar-refractivity contribution in [2.45, 2.75) is 136 Å². The first-order valence-electron chi connectivity index (χ1n) is 19.7. The maximum absolute atomic E-state index is 7.28. The van der Waals surface area contributed by atoms with E-state index in [1.807, 2.05) is 0 Å². The highest BCUT2D eigenvalue weighted by Crippen LogP contribution is 2.47. The Balaban J connectivity index is 1.30. The van der Waals surface area contributed by atoms with Crippen molar-refractivity contribution in [3.8, 4) is 0 Å². The molecule has 0 saturated carbocycles. The van der Waals surface area contributed by atoms with Crippen molar-refractivity contribution in [1.82, 2.24) is 0 Å². The average Bonchev–Trinajstić information content (AvgIpc) is 3.08. The highest BCUT2D eigenvalue weighted by Gasteiger charge is 2.50. The topological polar surface area (TPSA) is 36.9 Å². The normalized spacial score (nSPS) is 26.9. The molecule has 50 heavy (non-hydrogen) atoms. The summed E-state index contributed by atoms with van der Waals surface area (Å²) in [4.78, 5) is 0. The molecule has 0 aromatic heterocycles. The van der Waals surface area contributed by atoms with E-state index in [0.29, 0.717) is 30.3 Å². The zero-order valence-corrected chi connectivity index (χ0v) is 34.8. The third-order valence-electron chi connectivity index (χ3n) is 11.9. The van der Waals surface area contributed by atoms with Gasteiger partial charge in [0, 0.05) is 18.9 Å². The van der Waals surface area contributed by atoms with Crippen molar-refractivity contribution < 1.29 is 18.3 Å². The Morgan fingerprint density at radius 3 is 1.88 bits per heavy atom. The molecule has 5 rings (SSSR count). The minimum Gasteiger partial charge on any atom is -0.546 e. The molecular weight excluding hydrogens is 649 g/mol. The second kappa shape index (κ2) is 16.2. The van der Waals surface area contributed by atoms with Gasteiger partial charge in [-0.15, -0.1) is 0 Å². The number of benzene rings is 2. The van der Waals surface area contributed by atoms with Gasteiger partial charge in [-0.3, -0.25) is 0 Å². The van der Waals surface area contributed by atoms with Crippen LogP contribution >= 0.6 is 0 Å². The van der Waals surface area contributed by atoms with E-state index in [1.165, 1.54) is 39.8 Å². The quantitative estimate of drug-likeness (QED) is 0.183. The highest BCUT2D eigenvalue weighted by molar-refractivity contribution is 6.99. The molecule has 0 spiro atoms. The summed E-state index contributed by atoms with van der Waals surface area (Å²) < 4.78 is 27.7. The van der Waals surface area contributed by atoms with E-state index >= 15 is 0 Å². The molecule has 0 amide bonds. The minimum atomic E-state index is -2.60. The third-order valence-corrected chi connectivity index (χ3v) is 21.5. The Morgan fingerprint density at radius 1 is 0.780 bits per heavy atom. The monoisotopic (exact) mass is 714 g/mol. The maximum atomic E-state index is 7.28. The third kappa shape index (κ3) is 8.52. The summed E-state index contributed by atoms with van der Waals surface area (Å²) in [6.45, 7) is 23.6. The van der Waals surface area contributed by atoms with E-state index in [9.17, 15) is 0 Å². The lowest BCUT2D eigenvalue weighted by Gasteiger charge is -2.45. The van der Waals surface area contributed by atoms with E-state index in [4.69, 9.17) is 18.3 Å². The first kappa shape index (κ1) is 39.0. The molecular formula is C44H66O4Si2. The Labute approximate surface area is 307 Å². The van der Waals surface area contributed by atoms with Gasteiger partial charge in [0.05, 0.1) is 18.0 Å². The van der Waals surface area contributed by atoms with Crippen LogP contribution in [0.4, 0.5) is 0 Å². The summed E-state index contributed by atoms with van der Waals surface area (Å²) in [6, 6.07) is 25.4. The summed E-state index contributed by atoms with van der Waals surface area (Å²) in [5, 5.41) is 2.59. The Morgan fingerprint density at radius 2 is 1.34 bits per heavy atom. The predicted octanol–water partition coefficient (Wildman–Crippen LogP) is 10.6. The van der Waals surface area contributed by atoms with Crippen LogP contribution in [0.15, 0.2) is 96.3 Å². The van der Waals surface area contributed by atoms with Gasteiger partial charge in [-0.2, -0.15) is 0 Å². The summed E-state index contributed by atoms with van der Waals surface area (Å²) in [7, 11) is -4.40. The van der Waals surface area contributed by atoms with E-state index < -0.39 is 22.4 Å². The van der Waals surface area contributed by atoms with E-state index in [0.717, 1.165) is 25.7 Å². The Bertz CT molecular complexity index is 1420. The molecule has 4 nitrogen and oxygen atoms in total. The van der Waals surface area contributed by atoms with Crippen LogP contribution in [-0.4, -0.2) is 41.2 Å². The Hall–Kier alpha value is -2.23. The molecule has 0 N–H and O–H groups in total. The van der Waals surface area contributed by atoms with Crippen LogP contribution in [0.1, 0.15) is 94.9 Å². The van der Waals surface area contributed by atoms with Gasteiger partial charge in [-0.25, -0.2) is 0 Å². The smallest absolute Gasteiger partial charge is 0.261 e. The fourth-order valence-corrected chi connectivity index (χ4v) is 16.3. The molecule has 2 aromatic carbocycles. The molecule has 2 aliphatic carbocycles. The molecule has 1 saturated heterocycles. The van der Waals surface area contributed by atoms with Crippen molar-refractivity contribution in [3.63, 3.8) is 0 Å².